The number of carbonyl (C=O) groups is 1. The molecule has 0 unspecified atom stereocenters. The highest BCUT2D eigenvalue weighted by Crippen LogP contribution is 2.57. The first-order valence-electron chi connectivity index (χ1n) is 13.2. The van der Waals surface area contributed by atoms with Crippen LogP contribution < -0.4 is 4.90 Å². The van der Waals surface area contributed by atoms with E-state index in [-0.39, 0.29) is 22.9 Å². The zero-order chi connectivity index (χ0) is 27.1. The van der Waals surface area contributed by atoms with Gasteiger partial charge in [0.1, 0.15) is 23.3 Å². The van der Waals surface area contributed by atoms with E-state index in [1.807, 2.05) is 38.4 Å². The van der Waals surface area contributed by atoms with E-state index in [0.29, 0.717) is 23.9 Å². The molecule has 39 heavy (non-hydrogen) atoms. The molecule has 0 atom stereocenters. The highest BCUT2D eigenvalue weighted by atomic mass is 35.5. The Morgan fingerprint density at radius 3 is 2.62 bits per heavy atom. The highest BCUT2D eigenvalue weighted by Gasteiger charge is 2.57. The molecule has 1 saturated heterocycles. The van der Waals surface area contributed by atoms with Gasteiger partial charge in [-0.25, -0.2) is 9.37 Å². The Hall–Kier alpha value is -3.55. The molecule has 9 nitrogen and oxygen atoms in total. The molecule has 2 aliphatic heterocycles. The Labute approximate surface area is 230 Å². The van der Waals surface area contributed by atoms with Crippen LogP contribution in [0.4, 0.5) is 10.2 Å². The Morgan fingerprint density at radius 1 is 1.15 bits per heavy atom. The zero-order valence-electron chi connectivity index (χ0n) is 21.9. The second-order valence-electron chi connectivity index (χ2n) is 11.7. The van der Waals surface area contributed by atoms with E-state index in [0.717, 1.165) is 61.7 Å². The molecule has 1 spiro atoms. The number of pyridine rings is 1. The van der Waals surface area contributed by atoms with Crippen LogP contribution in [0.2, 0.25) is 5.02 Å². The first kappa shape index (κ1) is 24.5. The molecular formula is C28H28ClFN8O. The zero-order valence-corrected chi connectivity index (χ0v) is 22.6. The summed E-state index contributed by atoms with van der Waals surface area (Å²) in [5.74, 6) is 2.25. The molecule has 0 bridgehead atoms. The summed E-state index contributed by atoms with van der Waals surface area (Å²) in [6.07, 6.45) is 3.62. The quantitative estimate of drug-likeness (QED) is 0.493. The molecule has 200 valence electrons. The lowest BCUT2D eigenvalue weighted by molar-refractivity contribution is -0.136. The summed E-state index contributed by atoms with van der Waals surface area (Å²) in [5, 5.41) is 19.1. The second-order valence-corrected chi connectivity index (χ2v) is 12.2. The highest BCUT2D eigenvalue weighted by molar-refractivity contribution is 6.30. The van der Waals surface area contributed by atoms with Crippen molar-refractivity contribution in [1.82, 2.24) is 29.5 Å². The van der Waals surface area contributed by atoms with Crippen LogP contribution in [0.3, 0.4) is 0 Å². The smallest absolute Gasteiger partial charge is 0.242 e. The number of nitriles is 1. The van der Waals surface area contributed by atoms with Gasteiger partial charge in [-0.15, -0.1) is 10.2 Å². The van der Waals surface area contributed by atoms with Crippen molar-refractivity contribution in [3.05, 3.63) is 64.1 Å². The van der Waals surface area contributed by atoms with Gasteiger partial charge in [-0.3, -0.25) is 14.3 Å². The molecule has 2 aromatic heterocycles. The lowest BCUT2D eigenvalue weighted by Crippen LogP contribution is -2.62. The summed E-state index contributed by atoms with van der Waals surface area (Å²) < 4.78 is 15.9. The van der Waals surface area contributed by atoms with Gasteiger partial charge in [0, 0.05) is 50.1 Å². The predicted molar refractivity (Wildman–Crippen MR) is 142 cm³/mol. The van der Waals surface area contributed by atoms with Crippen molar-refractivity contribution in [2.75, 3.05) is 32.1 Å². The molecule has 2 saturated carbocycles. The first-order valence-corrected chi connectivity index (χ1v) is 13.6. The Bertz CT molecular complexity index is 1540. The van der Waals surface area contributed by atoms with E-state index in [1.54, 1.807) is 11.0 Å². The summed E-state index contributed by atoms with van der Waals surface area (Å²) in [7, 11) is 3.63. The van der Waals surface area contributed by atoms with Crippen LogP contribution in [0.25, 0.3) is 5.69 Å². The number of halogens is 2. The third kappa shape index (κ3) is 3.74. The minimum absolute atomic E-state index is 0.132. The number of anilines is 1. The normalized spacial score (nSPS) is 20.7. The summed E-state index contributed by atoms with van der Waals surface area (Å²) in [6.45, 7) is 2.81. The lowest BCUT2D eigenvalue weighted by atomic mass is 9.57. The van der Waals surface area contributed by atoms with Gasteiger partial charge in [0.25, 0.3) is 0 Å². The van der Waals surface area contributed by atoms with Crippen molar-refractivity contribution in [2.45, 2.75) is 50.2 Å². The van der Waals surface area contributed by atoms with E-state index < -0.39 is 11.4 Å². The largest absolute Gasteiger partial charge is 0.355 e. The fourth-order valence-corrected chi connectivity index (χ4v) is 7.03. The summed E-state index contributed by atoms with van der Waals surface area (Å²) in [6, 6.07) is 10.7. The maximum absolute atomic E-state index is 13.7. The number of carbonyl (C=O) groups excluding carboxylic acids is 1. The molecule has 4 heterocycles. The molecule has 2 aliphatic carbocycles. The van der Waals surface area contributed by atoms with Crippen molar-refractivity contribution in [3.8, 4) is 11.8 Å². The van der Waals surface area contributed by atoms with Crippen molar-refractivity contribution >= 4 is 23.3 Å². The van der Waals surface area contributed by atoms with E-state index >= 15 is 0 Å². The number of amides is 1. The number of benzene rings is 1. The first-order chi connectivity index (χ1) is 18.7. The molecule has 1 amide bonds. The molecule has 11 heteroatoms. The number of hydrogen-bond acceptors (Lipinski definition) is 7. The molecule has 1 aromatic carbocycles. The van der Waals surface area contributed by atoms with E-state index in [4.69, 9.17) is 16.9 Å². The van der Waals surface area contributed by atoms with Crippen LogP contribution in [-0.4, -0.2) is 68.2 Å². The standard InChI is InChI=1S/C28H28ClFN8O/c1-35(2)26(39)28(7-8-28)37-13-17-9-19(29)3-5-22(17)38-24(14-37)33-34-25(38)18-10-27(11-18)15-36(16-27)23-6-4-20(30)21(12-31)32-23/h3-6,9,18H,7-8,10-11,13-16H2,1-2H3. The Balaban J connectivity index is 1.14. The lowest BCUT2D eigenvalue weighted by Gasteiger charge is -2.59. The van der Waals surface area contributed by atoms with E-state index in [1.165, 1.54) is 6.07 Å². The third-order valence-corrected chi connectivity index (χ3v) is 9.14. The summed E-state index contributed by atoms with van der Waals surface area (Å²) in [4.78, 5) is 23.4. The van der Waals surface area contributed by atoms with Crippen molar-refractivity contribution in [1.29, 1.82) is 5.26 Å². The van der Waals surface area contributed by atoms with Gasteiger partial charge < -0.3 is 9.80 Å². The maximum Gasteiger partial charge on any atom is 0.242 e. The van der Waals surface area contributed by atoms with Gasteiger partial charge in [-0.05, 0) is 61.6 Å². The number of aromatic nitrogens is 4. The van der Waals surface area contributed by atoms with Crippen LogP contribution in [0.5, 0.6) is 0 Å². The van der Waals surface area contributed by atoms with Gasteiger partial charge in [-0.1, -0.05) is 11.6 Å². The van der Waals surface area contributed by atoms with Crippen molar-refractivity contribution in [3.63, 3.8) is 0 Å². The van der Waals surface area contributed by atoms with Gasteiger partial charge in [0.2, 0.25) is 5.91 Å². The monoisotopic (exact) mass is 546 g/mol. The van der Waals surface area contributed by atoms with Crippen LogP contribution in [0.15, 0.2) is 30.3 Å². The fourth-order valence-electron chi connectivity index (χ4n) is 6.83. The average Bonchev–Trinajstić information content (AvgIpc) is 3.61. The average molecular weight is 547 g/mol. The number of likely N-dealkylation sites (N-methyl/N-ethyl adjacent to an activating group) is 1. The topological polar surface area (TPSA) is 94.2 Å². The van der Waals surface area contributed by atoms with Gasteiger partial charge >= 0.3 is 0 Å². The summed E-state index contributed by atoms with van der Waals surface area (Å²) >= 11 is 6.44. The maximum atomic E-state index is 13.7. The van der Waals surface area contributed by atoms with Gasteiger partial charge in [-0.2, -0.15) is 5.26 Å². The Morgan fingerprint density at radius 2 is 1.92 bits per heavy atom. The number of rotatable bonds is 4. The molecule has 3 fully saturated rings. The Kier molecular flexibility index (Phi) is 5.32. The van der Waals surface area contributed by atoms with Crippen molar-refractivity contribution < 1.29 is 9.18 Å². The van der Waals surface area contributed by atoms with Crippen molar-refractivity contribution in [2.24, 2.45) is 5.41 Å². The van der Waals surface area contributed by atoms with Crippen LogP contribution in [0.1, 0.15) is 54.5 Å². The number of fused-ring (bicyclic) bond motifs is 3. The van der Waals surface area contributed by atoms with Gasteiger partial charge in [0.15, 0.2) is 17.3 Å². The third-order valence-electron chi connectivity index (χ3n) is 8.90. The minimum Gasteiger partial charge on any atom is -0.355 e. The van der Waals surface area contributed by atoms with Crippen LogP contribution >= 0.6 is 11.6 Å². The molecule has 3 aromatic rings. The molecule has 0 N–H and O–H groups in total. The second kappa shape index (κ2) is 8.47. The SMILES string of the molecule is CN(C)C(=O)C1(N2Cc3cc(Cl)ccc3-n3c(nnc3C3CC4(C3)CN(c3ccc(F)c(C#N)n3)C4)C2)CC1. The molecule has 7 rings (SSSR count). The number of hydrogen-bond donors (Lipinski definition) is 0. The number of nitrogens with zero attached hydrogens (tertiary/aromatic N) is 8. The van der Waals surface area contributed by atoms with E-state index in [2.05, 4.69) is 29.5 Å². The molecule has 0 radical (unpaired) electrons. The van der Waals surface area contributed by atoms with E-state index in [9.17, 15) is 9.18 Å². The predicted octanol–water partition coefficient (Wildman–Crippen LogP) is 3.65. The fraction of sp³-hybridized carbons (Fsp3) is 0.464. The molecule has 4 aliphatic rings. The van der Waals surface area contributed by atoms with Crippen LogP contribution in [-0.2, 0) is 17.9 Å². The summed E-state index contributed by atoms with van der Waals surface area (Å²) in [5.41, 5.74) is 1.59. The minimum atomic E-state index is -0.591. The molecular weight excluding hydrogens is 519 g/mol. The van der Waals surface area contributed by atoms with Gasteiger partial charge in [0.05, 0.1) is 12.2 Å². The van der Waals surface area contributed by atoms with Crippen LogP contribution in [0, 0.1) is 22.6 Å².